The molecule has 0 saturated heterocycles. The fraction of sp³-hybridized carbons (Fsp3) is 0.118. The summed E-state index contributed by atoms with van der Waals surface area (Å²) in [6, 6.07) is 10.2. The maximum absolute atomic E-state index is 12.4. The first-order chi connectivity index (χ1) is 11.9. The number of carbonyl (C=O) groups excluding carboxylic acids is 1. The molecule has 0 saturated carbocycles. The molecule has 0 aliphatic carbocycles. The van der Waals surface area contributed by atoms with Crippen molar-refractivity contribution in [1.82, 2.24) is 14.8 Å². The molecule has 6 nitrogen and oxygen atoms in total. The van der Waals surface area contributed by atoms with E-state index in [1.54, 1.807) is 41.2 Å². The maximum atomic E-state index is 12.4. The molecular weight excluding hydrogens is 361 g/mol. The van der Waals surface area contributed by atoms with Crippen LogP contribution in [-0.2, 0) is 7.05 Å². The van der Waals surface area contributed by atoms with Crippen LogP contribution in [0.25, 0.3) is 0 Å². The van der Waals surface area contributed by atoms with E-state index in [2.05, 4.69) is 20.7 Å². The summed E-state index contributed by atoms with van der Waals surface area (Å²) in [5.41, 5.74) is 1.69. The number of pyridine rings is 1. The van der Waals surface area contributed by atoms with Crippen LogP contribution in [0.2, 0.25) is 10.0 Å². The number of nitrogens with one attached hydrogen (secondary N) is 2. The second kappa shape index (κ2) is 7.13. The van der Waals surface area contributed by atoms with Crippen LogP contribution in [0.5, 0.6) is 0 Å². The Morgan fingerprint density at radius 2 is 1.88 bits per heavy atom. The Bertz CT molecular complexity index is 918. The lowest BCUT2D eigenvalue weighted by atomic mass is 10.2. The van der Waals surface area contributed by atoms with E-state index in [9.17, 15) is 4.79 Å². The molecule has 0 unspecified atom stereocenters. The third kappa shape index (κ3) is 3.92. The molecule has 0 bridgehead atoms. The maximum Gasteiger partial charge on any atom is 0.258 e. The molecule has 0 aliphatic rings. The van der Waals surface area contributed by atoms with Gasteiger partial charge in [0.25, 0.3) is 5.91 Å². The zero-order valence-electron chi connectivity index (χ0n) is 13.5. The van der Waals surface area contributed by atoms with Crippen molar-refractivity contribution in [2.75, 3.05) is 10.6 Å². The van der Waals surface area contributed by atoms with Crippen LogP contribution < -0.4 is 10.6 Å². The largest absolute Gasteiger partial charge is 0.325 e. The summed E-state index contributed by atoms with van der Waals surface area (Å²) in [6.07, 6.45) is 1.59. The van der Waals surface area contributed by atoms with Gasteiger partial charge in [0.2, 0.25) is 0 Å². The first kappa shape index (κ1) is 17.3. The minimum atomic E-state index is -0.385. The Kier molecular flexibility index (Phi) is 4.92. The van der Waals surface area contributed by atoms with Crippen LogP contribution in [0.3, 0.4) is 0 Å². The van der Waals surface area contributed by atoms with E-state index in [0.29, 0.717) is 21.6 Å². The van der Waals surface area contributed by atoms with Gasteiger partial charge in [-0.3, -0.25) is 9.48 Å². The molecule has 0 radical (unpaired) electrons. The Labute approximate surface area is 154 Å². The number of rotatable bonds is 4. The number of aromatic nitrogens is 3. The zero-order chi connectivity index (χ0) is 18.0. The monoisotopic (exact) mass is 375 g/mol. The number of hydrogen-bond acceptors (Lipinski definition) is 4. The van der Waals surface area contributed by atoms with Crippen LogP contribution in [0, 0.1) is 6.92 Å². The average Bonchev–Trinajstić information content (AvgIpc) is 2.85. The fourth-order valence-corrected chi connectivity index (χ4v) is 2.91. The van der Waals surface area contributed by atoms with E-state index >= 15 is 0 Å². The minimum absolute atomic E-state index is 0.236. The van der Waals surface area contributed by atoms with Gasteiger partial charge in [0.15, 0.2) is 0 Å². The van der Waals surface area contributed by atoms with Gasteiger partial charge < -0.3 is 10.6 Å². The number of benzene rings is 1. The van der Waals surface area contributed by atoms with E-state index in [0.717, 1.165) is 11.5 Å². The molecule has 2 aromatic heterocycles. The van der Waals surface area contributed by atoms with Crippen molar-refractivity contribution in [2.24, 2.45) is 7.05 Å². The molecule has 1 aromatic carbocycles. The molecule has 128 valence electrons. The molecule has 25 heavy (non-hydrogen) atoms. The third-order valence-corrected chi connectivity index (χ3v) is 4.10. The molecule has 3 aromatic rings. The van der Waals surface area contributed by atoms with Gasteiger partial charge in [-0.05, 0) is 25.1 Å². The van der Waals surface area contributed by atoms with Crippen LogP contribution in [0.1, 0.15) is 16.1 Å². The number of carbonyl (C=O) groups is 1. The highest BCUT2D eigenvalue weighted by Gasteiger charge is 2.15. The van der Waals surface area contributed by atoms with Crippen LogP contribution in [-0.4, -0.2) is 20.7 Å². The van der Waals surface area contributed by atoms with Gasteiger partial charge in [0.05, 0.1) is 21.3 Å². The molecule has 0 atom stereocenters. The molecule has 3 rings (SSSR count). The first-order valence-electron chi connectivity index (χ1n) is 7.43. The molecule has 0 fully saturated rings. The van der Waals surface area contributed by atoms with E-state index in [1.165, 1.54) is 0 Å². The van der Waals surface area contributed by atoms with Crippen LogP contribution in [0.4, 0.5) is 17.3 Å². The molecule has 2 N–H and O–H groups in total. The van der Waals surface area contributed by atoms with Crippen molar-refractivity contribution < 1.29 is 4.79 Å². The second-order valence-electron chi connectivity index (χ2n) is 5.40. The lowest BCUT2D eigenvalue weighted by molar-refractivity contribution is 0.102. The fourth-order valence-electron chi connectivity index (χ4n) is 2.34. The summed E-state index contributed by atoms with van der Waals surface area (Å²) in [5, 5.41) is 10.8. The number of hydrogen-bond donors (Lipinski definition) is 2. The van der Waals surface area contributed by atoms with Gasteiger partial charge in [0.1, 0.15) is 11.6 Å². The van der Waals surface area contributed by atoms with Gasteiger partial charge >= 0.3 is 0 Å². The first-order valence-corrected chi connectivity index (χ1v) is 8.18. The highest BCUT2D eigenvalue weighted by molar-refractivity contribution is 6.40. The SMILES string of the molecule is Cc1cc(Nc2cc(NC(=O)c3c(Cl)cccc3Cl)ccn2)n(C)n1. The lowest BCUT2D eigenvalue weighted by Gasteiger charge is -2.10. The highest BCUT2D eigenvalue weighted by Crippen LogP contribution is 2.26. The van der Waals surface area contributed by atoms with E-state index in [4.69, 9.17) is 23.2 Å². The quantitative estimate of drug-likeness (QED) is 0.707. The Hall–Kier alpha value is -2.57. The highest BCUT2D eigenvalue weighted by atomic mass is 35.5. The van der Waals surface area contributed by atoms with Crippen LogP contribution in [0.15, 0.2) is 42.6 Å². The standard InChI is InChI=1S/C17H15Cl2N5O/c1-10-8-15(24(2)23-10)22-14-9-11(6-7-20-14)21-17(25)16-12(18)4-3-5-13(16)19/h3-9H,1-2H3,(H2,20,21,22,25). The Morgan fingerprint density at radius 3 is 2.52 bits per heavy atom. The Balaban J connectivity index is 1.80. The smallest absolute Gasteiger partial charge is 0.258 e. The van der Waals surface area contributed by atoms with Crippen molar-refractivity contribution in [1.29, 1.82) is 0 Å². The number of amides is 1. The topological polar surface area (TPSA) is 71.8 Å². The summed E-state index contributed by atoms with van der Waals surface area (Å²) in [5.74, 6) is 0.984. The third-order valence-electron chi connectivity index (χ3n) is 3.47. The number of aryl methyl sites for hydroxylation is 2. The molecule has 0 spiro atoms. The van der Waals surface area contributed by atoms with E-state index in [1.807, 2.05) is 20.0 Å². The second-order valence-corrected chi connectivity index (χ2v) is 6.21. The zero-order valence-corrected chi connectivity index (χ0v) is 15.1. The van der Waals surface area contributed by atoms with Gasteiger partial charge in [-0.15, -0.1) is 0 Å². The predicted molar refractivity (Wildman–Crippen MR) is 99.9 cm³/mol. The summed E-state index contributed by atoms with van der Waals surface area (Å²) in [4.78, 5) is 16.7. The minimum Gasteiger partial charge on any atom is -0.325 e. The molecule has 1 amide bonds. The van der Waals surface area contributed by atoms with Gasteiger partial charge in [-0.2, -0.15) is 5.10 Å². The number of nitrogens with zero attached hydrogens (tertiary/aromatic N) is 3. The van der Waals surface area contributed by atoms with Gasteiger partial charge in [-0.25, -0.2) is 4.98 Å². The van der Waals surface area contributed by atoms with E-state index < -0.39 is 0 Å². The van der Waals surface area contributed by atoms with Crippen molar-refractivity contribution in [2.45, 2.75) is 6.92 Å². The molecule has 8 heteroatoms. The molecule has 0 aliphatic heterocycles. The normalized spacial score (nSPS) is 10.6. The van der Waals surface area contributed by atoms with Gasteiger partial charge in [-0.1, -0.05) is 29.3 Å². The molecule has 2 heterocycles. The summed E-state index contributed by atoms with van der Waals surface area (Å²) >= 11 is 12.1. The van der Waals surface area contributed by atoms with Crippen molar-refractivity contribution >= 4 is 46.4 Å². The van der Waals surface area contributed by atoms with Crippen molar-refractivity contribution in [3.8, 4) is 0 Å². The molecular formula is C17H15Cl2N5O. The average molecular weight is 376 g/mol. The van der Waals surface area contributed by atoms with Gasteiger partial charge in [0, 0.05) is 31.1 Å². The van der Waals surface area contributed by atoms with Crippen LogP contribution >= 0.6 is 23.2 Å². The number of anilines is 3. The summed E-state index contributed by atoms with van der Waals surface area (Å²) in [7, 11) is 1.83. The lowest BCUT2D eigenvalue weighted by Crippen LogP contribution is -2.13. The summed E-state index contributed by atoms with van der Waals surface area (Å²) < 4.78 is 1.71. The number of halogens is 2. The summed E-state index contributed by atoms with van der Waals surface area (Å²) in [6.45, 7) is 1.91. The van der Waals surface area contributed by atoms with Crippen molar-refractivity contribution in [3.05, 3.63) is 63.9 Å². The van der Waals surface area contributed by atoms with Crippen molar-refractivity contribution in [3.63, 3.8) is 0 Å². The van der Waals surface area contributed by atoms with E-state index in [-0.39, 0.29) is 11.5 Å². The Morgan fingerprint density at radius 1 is 1.16 bits per heavy atom. The predicted octanol–water partition coefficient (Wildman–Crippen LogP) is 4.43.